The van der Waals surface area contributed by atoms with Crippen LogP contribution < -0.4 is 10.1 Å². The average Bonchev–Trinajstić information content (AvgIpc) is 2.30. The summed E-state index contributed by atoms with van der Waals surface area (Å²) in [7, 11) is 3.70. The standard InChI is InChI=1S/C12H19NO2/c1-3-14-9-4-10-15-12-7-5-11(13-2)6-8-12/h5-8H,2-4,9-10,13H2,1H3. The van der Waals surface area contributed by atoms with Crippen LogP contribution >= 0.6 is 0 Å². The molecule has 0 aromatic heterocycles. The summed E-state index contributed by atoms with van der Waals surface area (Å²) in [6, 6.07) is 7.89. The fourth-order valence-corrected chi connectivity index (χ4v) is 1.20. The molecule has 0 saturated carbocycles. The van der Waals surface area contributed by atoms with Crippen molar-refractivity contribution >= 4 is 5.69 Å². The number of hydrogen-bond acceptors (Lipinski definition) is 2. The van der Waals surface area contributed by atoms with Crippen molar-refractivity contribution in [3.63, 3.8) is 0 Å². The summed E-state index contributed by atoms with van der Waals surface area (Å²) >= 11 is 0. The van der Waals surface area contributed by atoms with Gasteiger partial charge in [0.1, 0.15) is 11.4 Å². The largest absolute Gasteiger partial charge is 0.494 e. The molecule has 0 heterocycles. The van der Waals surface area contributed by atoms with Crippen molar-refractivity contribution in [3.05, 3.63) is 31.3 Å². The molecule has 2 N–H and O–H groups in total. The topological polar surface area (TPSA) is 35.1 Å². The molecule has 0 fully saturated rings. The first kappa shape index (κ1) is 12.0. The van der Waals surface area contributed by atoms with Gasteiger partial charge in [-0.05, 0) is 19.1 Å². The van der Waals surface area contributed by atoms with Gasteiger partial charge in [-0.3, -0.25) is 0 Å². The van der Waals surface area contributed by atoms with Gasteiger partial charge in [0.15, 0.2) is 0 Å². The molecule has 0 spiro atoms. The normalized spacial score (nSPS) is 10.3. The van der Waals surface area contributed by atoms with Gasteiger partial charge in [0, 0.05) is 31.8 Å². The molecule has 0 radical (unpaired) electrons. The minimum Gasteiger partial charge on any atom is -0.494 e. The lowest BCUT2D eigenvalue weighted by atomic mass is 10.3. The summed E-state index contributed by atoms with van der Waals surface area (Å²) in [4.78, 5) is 0. The van der Waals surface area contributed by atoms with Crippen LogP contribution in [0.2, 0.25) is 0 Å². The molecule has 0 bridgehead atoms. The quantitative estimate of drug-likeness (QED) is 0.419. The van der Waals surface area contributed by atoms with E-state index < -0.39 is 0 Å². The third-order valence-corrected chi connectivity index (χ3v) is 2.02. The van der Waals surface area contributed by atoms with Gasteiger partial charge in [0.25, 0.3) is 0 Å². The van der Waals surface area contributed by atoms with Crippen LogP contribution in [0.3, 0.4) is 0 Å². The minimum atomic E-state index is 0.702. The molecule has 3 nitrogen and oxygen atoms in total. The van der Waals surface area contributed by atoms with E-state index in [9.17, 15) is 0 Å². The molecule has 3 heteroatoms. The highest BCUT2D eigenvalue weighted by molar-refractivity contribution is 5.35. The highest BCUT2D eigenvalue weighted by atomic mass is 16.5. The Kier molecular flexibility index (Phi) is 5.81. The molecular weight excluding hydrogens is 190 g/mol. The van der Waals surface area contributed by atoms with Crippen molar-refractivity contribution in [1.82, 2.24) is 0 Å². The Morgan fingerprint density at radius 3 is 2.53 bits per heavy atom. The van der Waals surface area contributed by atoms with E-state index in [1.54, 1.807) is 0 Å². The number of rotatable bonds is 7. The molecule has 0 atom stereocenters. The number of benzene rings is 1. The van der Waals surface area contributed by atoms with Gasteiger partial charge in [-0.1, -0.05) is 0 Å². The lowest BCUT2D eigenvalue weighted by Crippen LogP contribution is -2.69. The van der Waals surface area contributed by atoms with Crippen LogP contribution in [0.15, 0.2) is 24.3 Å². The molecule has 0 aliphatic rings. The van der Waals surface area contributed by atoms with Crippen LogP contribution in [-0.4, -0.2) is 19.8 Å². The van der Waals surface area contributed by atoms with Crippen molar-refractivity contribution in [1.29, 1.82) is 0 Å². The minimum absolute atomic E-state index is 0.702. The maximum absolute atomic E-state index is 5.54. The van der Waals surface area contributed by atoms with Crippen LogP contribution in [0.25, 0.3) is 0 Å². The molecule has 84 valence electrons. The summed E-state index contributed by atoms with van der Waals surface area (Å²) < 4.78 is 10.8. The van der Waals surface area contributed by atoms with E-state index in [1.165, 1.54) is 0 Å². The Morgan fingerprint density at radius 1 is 1.20 bits per heavy atom. The van der Waals surface area contributed by atoms with Gasteiger partial charge >= 0.3 is 0 Å². The molecular formula is C12H19NO2. The molecule has 1 rings (SSSR count). The Labute approximate surface area is 91.4 Å². The van der Waals surface area contributed by atoms with Gasteiger partial charge in [0.2, 0.25) is 0 Å². The van der Waals surface area contributed by atoms with Crippen molar-refractivity contribution < 1.29 is 14.8 Å². The molecule has 0 aliphatic carbocycles. The predicted octanol–water partition coefficient (Wildman–Crippen LogP) is 1.48. The molecule has 0 aliphatic heterocycles. The molecule has 0 amide bonds. The van der Waals surface area contributed by atoms with Gasteiger partial charge in [0.05, 0.1) is 6.61 Å². The predicted molar refractivity (Wildman–Crippen MR) is 60.0 cm³/mol. The van der Waals surface area contributed by atoms with E-state index in [1.807, 2.05) is 36.5 Å². The average molecular weight is 209 g/mol. The molecule has 0 saturated heterocycles. The summed E-state index contributed by atoms with van der Waals surface area (Å²) in [6.07, 6.45) is 0.928. The van der Waals surface area contributed by atoms with Crippen LogP contribution in [-0.2, 0) is 4.74 Å². The maximum atomic E-state index is 5.54. The highest BCUT2D eigenvalue weighted by Gasteiger charge is 1.94. The second-order valence-electron chi connectivity index (χ2n) is 3.17. The zero-order valence-electron chi connectivity index (χ0n) is 9.24. The fraction of sp³-hybridized carbons (Fsp3) is 0.417. The first-order valence-electron chi connectivity index (χ1n) is 5.30. The zero-order valence-corrected chi connectivity index (χ0v) is 9.24. The van der Waals surface area contributed by atoms with E-state index in [0.717, 1.165) is 31.1 Å². The van der Waals surface area contributed by atoms with E-state index >= 15 is 0 Å². The lowest BCUT2D eigenvalue weighted by molar-refractivity contribution is -0.504. The zero-order chi connectivity index (χ0) is 10.9. The monoisotopic (exact) mass is 209 g/mol. The number of nitrogens with two attached hydrogens (primary N) is 1. The van der Waals surface area contributed by atoms with Gasteiger partial charge in [-0.25, -0.2) is 0 Å². The Bertz CT molecular complexity index is 259. The number of hydrogen-bond donors (Lipinski definition) is 1. The summed E-state index contributed by atoms with van der Waals surface area (Å²) in [6.45, 7) is 4.23. The molecule has 1 aromatic carbocycles. The van der Waals surface area contributed by atoms with Crippen LogP contribution in [0, 0.1) is 7.05 Å². The van der Waals surface area contributed by atoms with E-state index in [2.05, 4.69) is 7.05 Å². The SMILES string of the molecule is [CH2-][NH2+]c1ccc(OCCCOCC)cc1. The van der Waals surface area contributed by atoms with Crippen molar-refractivity contribution in [2.75, 3.05) is 19.8 Å². The first-order chi connectivity index (χ1) is 7.36. The summed E-state index contributed by atoms with van der Waals surface area (Å²) in [5.41, 5.74) is 1.11. The second-order valence-corrected chi connectivity index (χ2v) is 3.17. The third kappa shape index (κ3) is 4.81. The van der Waals surface area contributed by atoms with Crippen molar-refractivity contribution in [2.24, 2.45) is 0 Å². The Hall–Kier alpha value is -1.06. The maximum Gasteiger partial charge on any atom is 0.119 e. The van der Waals surface area contributed by atoms with Crippen molar-refractivity contribution in [2.45, 2.75) is 13.3 Å². The molecule has 0 unspecified atom stereocenters. The molecule has 1 aromatic rings. The Morgan fingerprint density at radius 2 is 1.93 bits per heavy atom. The van der Waals surface area contributed by atoms with Gasteiger partial charge < -0.3 is 14.8 Å². The number of ether oxygens (including phenoxy) is 2. The lowest BCUT2D eigenvalue weighted by Gasteiger charge is -2.06. The summed E-state index contributed by atoms with van der Waals surface area (Å²) in [5.74, 6) is 0.900. The summed E-state index contributed by atoms with van der Waals surface area (Å²) in [5, 5.41) is 1.82. The number of quaternary nitrogens is 1. The Balaban J connectivity index is 2.20. The molecule has 15 heavy (non-hydrogen) atoms. The smallest absolute Gasteiger partial charge is 0.119 e. The first-order valence-corrected chi connectivity index (χ1v) is 5.30. The van der Waals surface area contributed by atoms with Gasteiger partial charge in [-0.15, -0.1) is 7.05 Å². The van der Waals surface area contributed by atoms with Crippen LogP contribution in [0.5, 0.6) is 5.75 Å². The fourth-order valence-electron chi connectivity index (χ4n) is 1.20. The van der Waals surface area contributed by atoms with E-state index in [4.69, 9.17) is 9.47 Å². The van der Waals surface area contributed by atoms with Crippen LogP contribution in [0.4, 0.5) is 5.69 Å². The van der Waals surface area contributed by atoms with Crippen LogP contribution in [0.1, 0.15) is 13.3 Å². The third-order valence-electron chi connectivity index (χ3n) is 2.02. The van der Waals surface area contributed by atoms with E-state index in [-0.39, 0.29) is 0 Å². The highest BCUT2D eigenvalue weighted by Crippen LogP contribution is 2.12. The van der Waals surface area contributed by atoms with Crippen molar-refractivity contribution in [3.8, 4) is 5.75 Å². The van der Waals surface area contributed by atoms with Gasteiger partial charge in [-0.2, -0.15) is 0 Å². The van der Waals surface area contributed by atoms with E-state index in [0.29, 0.717) is 6.61 Å². The second kappa shape index (κ2) is 7.26.